The van der Waals surface area contributed by atoms with Crippen LogP contribution < -0.4 is 10.9 Å². The van der Waals surface area contributed by atoms with Crippen LogP contribution in [-0.2, 0) is 11.3 Å². The molecule has 2 aromatic rings. The SMILES string of the molecule is COCc1cccc(C(=O)NNC(=O)c2ccc[nH]2)c1. The first kappa shape index (κ1) is 13.8. The van der Waals surface area contributed by atoms with Gasteiger partial charge in [-0.15, -0.1) is 0 Å². The zero-order chi connectivity index (χ0) is 14.4. The number of amides is 2. The number of carbonyl (C=O) groups is 2. The van der Waals surface area contributed by atoms with Gasteiger partial charge < -0.3 is 9.72 Å². The number of aromatic amines is 1. The van der Waals surface area contributed by atoms with E-state index in [1.54, 1.807) is 43.6 Å². The number of carbonyl (C=O) groups excluding carboxylic acids is 2. The molecule has 104 valence electrons. The third-order valence-corrected chi connectivity index (χ3v) is 2.63. The van der Waals surface area contributed by atoms with E-state index in [-0.39, 0.29) is 5.91 Å². The van der Waals surface area contributed by atoms with Crippen LogP contribution in [0.5, 0.6) is 0 Å². The molecule has 0 aliphatic heterocycles. The molecular weight excluding hydrogens is 258 g/mol. The molecule has 0 unspecified atom stereocenters. The van der Waals surface area contributed by atoms with Crippen LogP contribution in [0.25, 0.3) is 0 Å². The van der Waals surface area contributed by atoms with Crippen molar-refractivity contribution < 1.29 is 14.3 Å². The van der Waals surface area contributed by atoms with Crippen molar-refractivity contribution in [2.24, 2.45) is 0 Å². The van der Waals surface area contributed by atoms with Gasteiger partial charge in [0.2, 0.25) is 0 Å². The van der Waals surface area contributed by atoms with Crippen molar-refractivity contribution in [3.8, 4) is 0 Å². The number of aromatic nitrogens is 1. The number of rotatable bonds is 4. The summed E-state index contributed by atoms with van der Waals surface area (Å²) in [5, 5.41) is 0. The summed E-state index contributed by atoms with van der Waals surface area (Å²) in [5.74, 6) is -0.792. The lowest BCUT2D eigenvalue weighted by molar-refractivity contribution is 0.0844. The first-order valence-electron chi connectivity index (χ1n) is 6.02. The molecule has 3 N–H and O–H groups in total. The highest BCUT2D eigenvalue weighted by molar-refractivity contribution is 5.98. The average molecular weight is 273 g/mol. The number of hydrazine groups is 1. The Morgan fingerprint density at radius 3 is 2.65 bits per heavy atom. The van der Waals surface area contributed by atoms with E-state index >= 15 is 0 Å². The standard InChI is InChI=1S/C14H15N3O3/c1-20-9-10-4-2-5-11(8-10)13(18)16-17-14(19)12-6-3-7-15-12/h2-8,15H,9H2,1H3,(H,16,18)(H,17,19). The van der Waals surface area contributed by atoms with Crippen molar-refractivity contribution in [3.05, 3.63) is 59.4 Å². The Kier molecular flexibility index (Phi) is 4.52. The smallest absolute Gasteiger partial charge is 0.286 e. The number of H-pyrrole nitrogens is 1. The lowest BCUT2D eigenvalue weighted by Gasteiger charge is -2.07. The molecule has 0 radical (unpaired) electrons. The van der Waals surface area contributed by atoms with E-state index < -0.39 is 5.91 Å². The molecule has 0 atom stereocenters. The minimum absolute atomic E-state index is 0.374. The van der Waals surface area contributed by atoms with Gasteiger partial charge in [0.05, 0.1) is 6.61 Å². The van der Waals surface area contributed by atoms with Crippen LogP contribution in [0.3, 0.4) is 0 Å². The fourth-order valence-corrected chi connectivity index (χ4v) is 1.69. The number of hydrogen-bond donors (Lipinski definition) is 3. The van der Waals surface area contributed by atoms with Gasteiger partial charge in [-0.1, -0.05) is 12.1 Å². The molecule has 2 amide bonds. The van der Waals surface area contributed by atoms with Crippen LogP contribution >= 0.6 is 0 Å². The zero-order valence-electron chi connectivity index (χ0n) is 11.0. The number of benzene rings is 1. The van der Waals surface area contributed by atoms with Crippen LogP contribution in [0, 0.1) is 0 Å². The molecule has 0 saturated carbocycles. The first-order chi connectivity index (χ1) is 9.70. The molecule has 0 bridgehead atoms. The van der Waals surface area contributed by atoms with Crippen molar-refractivity contribution >= 4 is 11.8 Å². The van der Waals surface area contributed by atoms with Crippen molar-refractivity contribution in [2.75, 3.05) is 7.11 Å². The highest BCUT2D eigenvalue weighted by atomic mass is 16.5. The average Bonchev–Trinajstić information content (AvgIpc) is 2.99. The second-order valence-electron chi connectivity index (χ2n) is 4.13. The van der Waals surface area contributed by atoms with Crippen molar-refractivity contribution in [1.82, 2.24) is 15.8 Å². The molecule has 0 fully saturated rings. The second-order valence-corrected chi connectivity index (χ2v) is 4.13. The highest BCUT2D eigenvalue weighted by Crippen LogP contribution is 2.06. The fourth-order valence-electron chi connectivity index (χ4n) is 1.69. The molecule has 6 nitrogen and oxygen atoms in total. The number of methoxy groups -OCH3 is 1. The molecule has 20 heavy (non-hydrogen) atoms. The summed E-state index contributed by atoms with van der Waals surface area (Å²) in [6, 6.07) is 10.3. The molecule has 1 aromatic heterocycles. The van der Waals surface area contributed by atoms with E-state index in [2.05, 4.69) is 15.8 Å². The van der Waals surface area contributed by atoms with Gasteiger partial charge in [0.1, 0.15) is 5.69 Å². The monoisotopic (exact) mass is 273 g/mol. The normalized spacial score (nSPS) is 10.1. The summed E-state index contributed by atoms with van der Waals surface area (Å²) in [6.45, 7) is 0.427. The van der Waals surface area contributed by atoms with E-state index in [9.17, 15) is 9.59 Å². The molecule has 0 saturated heterocycles. The molecule has 2 rings (SSSR count). The quantitative estimate of drug-likeness (QED) is 0.733. The third kappa shape index (κ3) is 3.46. The van der Waals surface area contributed by atoms with E-state index in [0.29, 0.717) is 17.9 Å². The second kappa shape index (κ2) is 6.53. The summed E-state index contributed by atoms with van der Waals surface area (Å²) in [4.78, 5) is 26.3. The van der Waals surface area contributed by atoms with Crippen LogP contribution in [0.2, 0.25) is 0 Å². The molecule has 6 heteroatoms. The first-order valence-corrected chi connectivity index (χ1v) is 6.02. The van der Waals surface area contributed by atoms with Crippen LogP contribution in [0.1, 0.15) is 26.4 Å². The molecule has 1 aromatic carbocycles. The van der Waals surface area contributed by atoms with Crippen LogP contribution in [0.15, 0.2) is 42.6 Å². The van der Waals surface area contributed by atoms with Gasteiger partial charge >= 0.3 is 0 Å². The number of ether oxygens (including phenoxy) is 1. The highest BCUT2D eigenvalue weighted by Gasteiger charge is 2.09. The Bertz CT molecular complexity index is 593. The summed E-state index contributed by atoms with van der Waals surface area (Å²) in [7, 11) is 1.59. The van der Waals surface area contributed by atoms with Gasteiger partial charge in [0, 0.05) is 18.9 Å². The van der Waals surface area contributed by atoms with E-state index in [1.165, 1.54) is 0 Å². The maximum atomic E-state index is 11.9. The molecule has 0 aliphatic rings. The minimum atomic E-state index is -0.406. The van der Waals surface area contributed by atoms with Gasteiger partial charge in [0.25, 0.3) is 11.8 Å². The summed E-state index contributed by atoms with van der Waals surface area (Å²) < 4.78 is 5.00. The van der Waals surface area contributed by atoms with Crippen molar-refractivity contribution in [2.45, 2.75) is 6.61 Å². The third-order valence-electron chi connectivity index (χ3n) is 2.63. The van der Waals surface area contributed by atoms with Crippen LogP contribution in [0.4, 0.5) is 0 Å². The maximum Gasteiger partial charge on any atom is 0.286 e. The topological polar surface area (TPSA) is 83.2 Å². The van der Waals surface area contributed by atoms with E-state index in [4.69, 9.17) is 4.74 Å². The summed E-state index contributed by atoms with van der Waals surface area (Å²) in [6.07, 6.45) is 1.63. The van der Waals surface area contributed by atoms with Gasteiger partial charge in [-0.25, -0.2) is 0 Å². The van der Waals surface area contributed by atoms with Gasteiger partial charge in [-0.2, -0.15) is 0 Å². The largest absolute Gasteiger partial charge is 0.380 e. The zero-order valence-corrected chi connectivity index (χ0v) is 11.0. The Labute approximate surface area is 116 Å². The Hall–Kier alpha value is -2.60. The van der Waals surface area contributed by atoms with Gasteiger partial charge in [-0.3, -0.25) is 20.4 Å². The predicted octanol–water partition coefficient (Wildman–Crippen LogP) is 1.24. The Morgan fingerprint density at radius 2 is 1.95 bits per heavy atom. The van der Waals surface area contributed by atoms with Crippen molar-refractivity contribution in [3.63, 3.8) is 0 Å². The predicted molar refractivity (Wildman–Crippen MR) is 72.9 cm³/mol. The number of hydrogen-bond acceptors (Lipinski definition) is 3. The summed E-state index contributed by atoms with van der Waals surface area (Å²) in [5.41, 5.74) is 6.40. The molecular formula is C14H15N3O3. The van der Waals surface area contributed by atoms with E-state index in [0.717, 1.165) is 5.56 Å². The lowest BCUT2D eigenvalue weighted by Crippen LogP contribution is -2.41. The lowest BCUT2D eigenvalue weighted by atomic mass is 10.1. The molecule has 0 aliphatic carbocycles. The fraction of sp³-hybridized carbons (Fsp3) is 0.143. The van der Waals surface area contributed by atoms with Gasteiger partial charge in [-0.05, 0) is 29.8 Å². The molecule has 1 heterocycles. The Balaban J connectivity index is 1.95. The minimum Gasteiger partial charge on any atom is -0.380 e. The maximum absolute atomic E-state index is 11.9. The number of nitrogens with one attached hydrogen (secondary N) is 3. The van der Waals surface area contributed by atoms with E-state index in [1.807, 2.05) is 6.07 Å². The van der Waals surface area contributed by atoms with Crippen molar-refractivity contribution in [1.29, 1.82) is 0 Å². The van der Waals surface area contributed by atoms with Crippen LogP contribution in [-0.4, -0.2) is 23.9 Å². The summed E-state index contributed by atoms with van der Waals surface area (Å²) >= 11 is 0. The molecule has 0 spiro atoms. The van der Waals surface area contributed by atoms with Gasteiger partial charge in [0.15, 0.2) is 0 Å². The Morgan fingerprint density at radius 1 is 1.15 bits per heavy atom.